The molecule has 0 aromatic carbocycles. The van der Waals surface area contributed by atoms with E-state index >= 15 is 0 Å². The molecular weight excluding hydrogens is 174 g/mol. The van der Waals surface area contributed by atoms with E-state index in [2.05, 4.69) is 10.4 Å². The van der Waals surface area contributed by atoms with Gasteiger partial charge in [0, 0.05) is 5.92 Å². The van der Waals surface area contributed by atoms with Crippen LogP contribution in [0.25, 0.3) is 0 Å². The highest BCUT2D eigenvalue weighted by Crippen LogP contribution is 2.41. The van der Waals surface area contributed by atoms with Crippen molar-refractivity contribution in [3.63, 3.8) is 0 Å². The van der Waals surface area contributed by atoms with Crippen molar-refractivity contribution >= 4 is 17.2 Å². The Morgan fingerprint density at radius 2 is 2.50 bits per heavy atom. The Morgan fingerprint density at radius 3 is 3.08 bits per heavy atom. The number of rotatable bonds is 2. The van der Waals surface area contributed by atoms with Gasteiger partial charge in [-0.3, -0.25) is 10.2 Å². The molecule has 5 heteroatoms. The van der Waals surface area contributed by atoms with Crippen molar-refractivity contribution in [3.05, 3.63) is 16.1 Å². The van der Waals surface area contributed by atoms with Gasteiger partial charge < -0.3 is 0 Å². The van der Waals surface area contributed by atoms with Gasteiger partial charge in [-0.15, -0.1) is 11.3 Å². The number of nitrogen functional groups attached to an aromatic ring is 1. The molecule has 4 nitrogen and oxygen atoms in total. The lowest BCUT2D eigenvalue weighted by molar-refractivity contribution is 0.0957. The van der Waals surface area contributed by atoms with Gasteiger partial charge in [-0.2, -0.15) is 0 Å². The molecule has 3 N–H and O–H groups in total. The van der Waals surface area contributed by atoms with Crippen LogP contribution in [-0.2, 0) is 0 Å². The predicted octanol–water partition coefficient (Wildman–Crippen LogP) is 0.624. The molecule has 1 heterocycles. The van der Waals surface area contributed by atoms with Crippen molar-refractivity contribution in [2.75, 3.05) is 0 Å². The van der Waals surface area contributed by atoms with Crippen molar-refractivity contribution in [1.82, 2.24) is 10.4 Å². The molecule has 1 amide bonds. The molecule has 1 aliphatic carbocycles. The zero-order valence-corrected chi connectivity index (χ0v) is 7.23. The largest absolute Gasteiger partial charge is 0.289 e. The highest BCUT2D eigenvalue weighted by Gasteiger charge is 2.27. The number of aromatic nitrogens is 1. The molecule has 1 aromatic rings. The first-order valence-electron chi connectivity index (χ1n) is 3.78. The lowest BCUT2D eigenvalue weighted by Crippen LogP contribution is -2.29. The number of carbonyl (C=O) groups excluding carboxylic acids is 1. The first-order chi connectivity index (χ1) is 5.81. The highest BCUT2D eigenvalue weighted by molar-refractivity contribution is 7.13. The molecule has 0 spiro atoms. The van der Waals surface area contributed by atoms with E-state index in [1.165, 1.54) is 24.2 Å². The van der Waals surface area contributed by atoms with Crippen LogP contribution in [0.15, 0.2) is 6.20 Å². The Balaban J connectivity index is 2.17. The summed E-state index contributed by atoms with van der Waals surface area (Å²) in [6.07, 6.45) is 3.99. The molecule has 64 valence electrons. The maximum atomic E-state index is 11.0. The molecule has 0 atom stereocenters. The summed E-state index contributed by atoms with van der Waals surface area (Å²) in [5.74, 6) is 5.34. The third kappa shape index (κ3) is 1.33. The Hall–Kier alpha value is -0.940. The van der Waals surface area contributed by atoms with Crippen LogP contribution in [0.1, 0.15) is 33.4 Å². The monoisotopic (exact) mass is 183 g/mol. The summed E-state index contributed by atoms with van der Waals surface area (Å²) in [4.78, 5) is 15.8. The minimum Gasteiger partial charge on any atom is -0.289 e. The molecular formula is C7H9N3OS. The van der Waals surface area contributed by atoms with Crippen LogP contribution in [0.2, 0.25) is 0 Å². The fourth-order valence-electron chi connectivity index (χ4n) is 0.983. The Kier molecular flexibility index (Phi) is 1.82. The molecule has 0 aliphatic heterocycles. The maximum Gasteiger partial charge on any atom is 0.276 e. The smallest absolute Gasteiger partial charge is 0.276 e. The van der Waals surface area contributed by atoms with E-state index in [-0.39, 0.29) is 5.91 Å². The molecule has 0 unspecified atom stereocenters. The quantitative estimate of drug-likeness (QED) is 0.401. The number of nitrogens with two attached hydrogens (primary N) is 1. The molecule has 1 fully saturated rings. The van der Waals surface area contributed by atoms with Crippen LogP contribution >= 0.6 is 11.3 Å². The first-order valence-corrected chi connectivity index (χ1v) is 4.59. The van der Waals surface area contributed by atoms with Crippen LogP contribution in [0.4, 0.5) is 0 Å². The van der Waals surface area contributed by atoms with Crippen molar-refractivity contribution in [2.45, 2.75) is 18.8 Å². The minimum atomic E-state index is -0.251. The molecule has 0 radical (unpaired) electrons. The van der Waals surface area contributed by atoms with E-state index in [4.69, 9.17) is 5.84 Å². The standard InChI is InChI=1S/C7H9N3OS/c8-10-6(11)5-3-9-7(12-5)4-1-2-4/h3-4H,1-2,8H2,(H,10,11). The third-order valence-corrected chi connectivity index (χ3v) is 2.96. The topological polar surface area (TPSA) is 68.0 Å². The third-order valence-electron chi connectivity index (χ3n) is 1.81. The van der Waals surface area contributed by atoms with Gasteiger partial charge in [0.05, 0.1) is 11.2 Å². The van der Waals surface area contributed by atoms with Crippen LogP contribution in [0, 0.1) is 0 Å². The van der Waals surface area contributed by atoms with Gasteiger partial charge in [0.2, 0.25) is 0 Å². The summed E-state index contributed by atoms with van der Waals surface area (Å²) in [5.41, 5.74) is 2.09. The highest BCUT2D eigenvalue weighted by atomic mass is 32.1. The summed E-state index contributed by atoms with van der Waals surface area (Å²) < 4.78 is 0. The van der Waals surface area contributed by atoms with E-state index < -0.39 is 0 Å². The molecule has 2 rings (SSSR count). The zero-order valence-electron chi connectivity index (χ0n) is 6.41. The number of hydrogen-bond acceptors (Lipinski definition) is 4. The van der Waals surface area contributed by atoms with E-state index in [9.17, 15) is 4.79 Å². The van der Waals surface area contributed by atoms with Crippen LogP contribution in [0.5, 0.6) is 0 Å². The van der Waals surface area contributed by atoms with E-state index in [0.717, 1.165) is 5.01 Å². The van der Waals surface area contributed by atoms with Gasteiger partial charge in [-0.05, 0) is 12.8 Å². The number of nitrogens with one attached hydrogen (secondary N) is 1. The van der Waals surface area contributed by atoms with Crippen molar-refractivity contribution in [3.8, 4) is 0 Å². The molecule has 0 saturated heterocycles. The average Bonchev–Trinajstić information content (AvgIpc) is 2.83. The summed E-state index contributed by atoms with van der Waals surface area (Å²) >= 11 is 1.43. The summed E-state index contributed by atoms with van der Waals surface area (Å²) in [6, 6.07) is 0. The SMILES string of the molecule is NNC(=O)c1cnc(C2CC2)s1. The number of amides is 1. The van der Waals surface area contributed by atoms with Crippen molar-refractivity contribution < 1.29 is 4.79 Å². The number of hydrogen-bond donors (Lipinski definition) is 2. The predicted molar refractivity (Wildman–Crippen MR) is 45.7 cm³/mol. The van der Waals surface area contributed by atoms with Gasteiger partial charge in [-0.1, -0.05) is 0 Å². The number of carbonyl (C=O) groups is 1. The van der Waals surface area contributed by atoms with Crippen molar-refractivity contribution in [2.24, 2.45) is 5.84 Å². The maximum absolute atomic E-state index is 11.0. The summed E-state index contributed by atoms with van der Waals surface area (Å²) in [5, 5.41) is 1.06. The first kappa shape index (κ1) is 7.70. The summed E-state index contributed by atoms with van der Waals surface area (Å²) in [6.45, 7) is 0. The second kappa shape index (κ2) is 2.84. The Morgan fingerprint density at radius 1 is 1.75 bits per heavy atom. The number of nitrogens with zero attached hydrogens (tertiary/aromatic N) is 1. The molecule has 1 aliphatic rings. The molecule has 1 saturated carbocycles. The van der Waals surface area contributed by atoms with Gasteiger partial charge in [-0.25, -0.2) is 10.8 Å². The fraction of sp³-hybridized carbons (Fsp3) is 0.429. The number of thiazole rings is 1. The molecule has 0 bridgehead atoms. The van der Waals surface area contributed by atoms with Crippen LogP contribution in [-0.4, -0.2) is 10.9 Å². The van der Waals surface area contributed by atoms with Gasteiger partial charge in [0.15, 0.2) is 0 Å². The van der Waals surface area contributed by atoms with E-state index in [0.29, 0.717) is 10.8 Å². The van der Waals surface area contributed by atoms with E-state index in [1.807, 2.05) is 0 Å². The Bertz CT molecular complexity index is 305. The zero-order chi connectivity index (χ0) is 8.55. The number of hydrazine groups is 1. The average molecular weight is 183 g/mol. The molecule has 1 aromatic heterocycles. The lowest BCUT2D eigenvalue weighted by atomic mass is 10.5. The normalized spacial score (nSPS) is 16.1. The summed E-state index contributed by atoms with van der Waals surface area (Å²) in [7, 11) is 0. The van der Waals surface area contributed by atoms with Crippen molar-refractivity contribution in [1.29, 1.82) is 0 Å². The van der Waals surface area contributed by atoms with Crippen LogP contribution < -0.4 is 11.3 Å². The second-order valence-corrected chi connectivity index (χ2v) is 3.87. The van der Waals surface area contributed by atoms with Gasteiger partial charge in [0.1, 0.15) is 4.88 Å². The van der Waals surface area contributed by atoms with Gasteiger partial charge in [0.25, 0.3) is 5.91 Å². The van der Waals surface area contributed by atoms with E-state index in [1.54, 1.807) is 6.20 Å². The molecule has 12 heavy (non-hydrogen) atoms. The fourth-order valence-corrected chi connectivity index (χ4v) is 1.97. The minimum absolute atomic E-state index is 0.251. The Labute approximate surface area is 73.8 Å². The van der Waals surface area contributed by atoms with Crippen LogP contribution in [0.3, 0.4) is 0 Å². The van der Waals surface area contributed by atoms with Gasteiger partial charge >= 0.3 is 0 Å². The lowest BCUT2D eigenvalue weighted by Gasteiger charge is -1.90. The second-order valence-electron chi connectivity index (χ2n) is 2.81.